The van der Waals surface area contributed by atoms with Crippen molar-refractivity contribution in [1.82, 2.24) is 4.98 Å². The van der Waals surface area contributed by atoms with Crippen molar-refractivity contribution in [2.24, 2.45) is 0 Å². The van der Waals surface area contributed by atoms with Crippen LogP contribution >= 0.6 is 0 Å². The van der Waals surface area contributed by atoms with Crippen LogP contribution in [0.5, 0.6) is 0 Å². The highest BCUT2D eigenvalue weighted by Gasteiger charge is 1.93. The van der Waals surface area contributed by atoms with E-state index >= 15 is 0 Å². The highest BCUT2D eigenvalue weighted by atomic mass is 14.6. The van der Waals surface area contributed by atoms with Crippen molar-refractivity contribution in [1.29, 1.82) is 0 Å². The molecule has 0 atom stereocenters. The molecule has 0 unspecified atom stereocenters. The van der Waals surface area contributed by atoms with Gasteiger partial charge in [0.25, 0.3) is 0 Å². The van der Waals surface area contributed by atoms with Crippen LogP contribution in [0.15, 0.2) is 36.5 Å². The van der Waals surface area contributed by atoms with Crippen molar-refractivity contribution in [2.75, 3.05) is 0 Å². The van der Waals surface area contributed by atoms with Crippen LogP contribution in [-0.4, -0.2) is 4.98 Å². The number of hydrogen-bond acceptors (Lipinski definition) is 1. The maximum absolute atomic E-state index is 4.24. The zero-order chi connectivity index (χ0) is 12.4. The summed E-state index contributed by atoms with van der Waals surface area (Å²) in [7, 11) is 0. The molecule has 0 saturated carbocycles. The molecule has 0 aliphatic heterocycles. The van der Waals surface area contributed by atoms with Crippen LogP contribution in [0.4, 0.5) is 0 Å². The Balaban J connectivity index is 0.000000394. The molecule has 1 aromatic heterocycles. The van der Waals surface area contributed by atoms with Crippen molar-refractivity contribution < 1.29 is 0 Å². The molecule has 0 aliphatic carbocycles. The van der Waals surface area contributed by atoms with Crippen LogP contribution in [0.1, 0.15) is 39.7 Å². The number of aryl methyl sites for hydroxylation is 1. The molecule has 2 aromatic rings. The van der Waals surface area contributed by atoms with E-state index in [-0.39, 0.29) is 0 Å². The third kappa shape index (κ3) is 4.43. The Kier molecular flexibility index (Phi) is 8.14. The number of fused-ring (bicyclic) bond motifs is 1. The van der Waals surface area contributed by atoms with Crippen LogP contribution in [-0.2, 0) is 0 Å². The van der Waals surface area contributed by atoms with E-state index in [0.717, 1.165) is 5.52 Å². The standard InChI is InChI=1S/C10H9N.C3H8.C2H6/c1-8-6-7-11-10-5-3-2-4-9(8)10;1-3-2;1-2/h2-7H,1H3;3H2,1-2H3;1-2H3. The quantitative estimate of drug-likeness (QED) is 0.606. The molecule has 88 valence electrons. The van der Waals surface area contributed by atoms with Gasteiger partial charge in [0.05, 0.1) is 5.52 Å². The number of nitrogens with zero attached hydrogens (tertiary/aromatic N) is 1. The van der Waals surface area contributed by atoms with Crippen molar-refractivity contribution in [3.05, 3.63) is 42.1 Å². The Hall–Kier alpha value is -1.37. The van der Waals surface area contributed by atoms with E-state index < -0.39 is 0 Å². The number of benzene rings is 1. The van der Waals surface area contributed by atoms with Crippen LogP contribution in [0, 0.1) is 6.92 Å². The molecule has 0 amide bonds. The van der Waals surface area contributed by atoms with E-state index in [1.165, 1.54) is 17.4 Å². The van der Waals surface area contributed by atoms with E-state index in [9.17, 15) is 0 Å². The summed E-state index contributed by atoms with van der Waals surface area (Å²) in [6, 6.07) is 10.2. The summed E-state index contributed by atoms with van der Waals surface area (Å²) in [5.41, 5.74) is 2.36. The third-order valence-electron chi connectivity index (χ3n) is 1.87. The van der Waals surface area contributed by atoms with Gasteiger partial charge in [-0.05, 0) is 24.6 Å². The van der Waals surface area contributed by atoms with E-state index in [0.29, 0.717) is 0 Å². The topological polar surface area (TPSA) is 12.9 Å². The lowest BCUT2D eigenvalue weighted by atomic mass is 10.1. The highest BCUT2D eigenvalue weighted by Crippen LogP contribution is 2.13. The predicted molar refractivity (Wildman–Crippen MR) is 73.8 cm³/mol. The second kappa shape index (κ2) is 8.90. The molecular formula is C15H23N. The summed E-state index contributed by atoms with van der Waals surface area (Å²) in [5, 5.41) is 1.25. The lowest BCUT2D eigenvalue weighted by Crippen LogP contribution is -1.79. The first-order valence-corrected chi connectivity index (χ1v) is 6.10. The molecule has 16 heavy (non-hydrogen) atoms. The van der Waals surface area contributed by atoms with Crippen molar-refractivity contribution >= 4 is 10.9 Å². The van der Waals surface area contributed by atoms with E-state index in [1.54, 1.807) is 0 Å². The third-order valence-corrected chi connectivity index (χ3v) is 1.87. The molecule has 1 heterocycles. The molecule has 2 rings (SSSR count). The summed E-state index contributed by atoms with van der Waals surface area (Å²) in [4.78, 5) is 4.24. The van der Waals surface area contributed by atoms with E-state index in [1.807, 2.05) is 44.3 Å². The van der Waals surface area contributed by atoms with Crippen molar-refractivity contribution in [2.45, 2.75) is 41.0 Å². The predicted octanol–water partition coefficient (Wildman–Crippen LogP) is 4.99. The van der Waals surface area contributed by atoms with Crippen molar-refractivity contribution in [3.63, 3.8) is 0 Å². The molecule has 0 saturated heterocycles. The molecular weight excluding hydrogens is 194 g/mol. The molecule has 0 radical (unpaired) electrons. The first-order chi connectivity index (χ1) is 7.79. The van der Waals surface area contributed by atoms with Gasteiger partial charge < -0.3 is 0 Å². The first-order valence-electron chi connectivity index (χ1n) is 6.10. The van der Waals surface area contributed by atoms with Gasteiger partial charge in [-0.25, -0.2) is 0 Å². The second-order valence-electron chi connectivity index (χ2n) is 3.35. The maximum Gasteiger partial charge on any atom is 0.0704 e. The molecule has 0 bridgehead atoms. The van der Waals surface area contributed by atoms with E-state index in [2.05, 4.69) is 31.8 Å². The fraction of sp³-hybridized carbons (Fsp3) is 0.400. The van der Waals surface area contributed by atoms with Gasteiger partial charge in [0.15, 0.2) is 0 Å². The first kappa shape index (κ1) is 14.6. The smallest absolute Gasteiger partial charge is 0.0704 e. The normalized spacial score (nSPS) is 8.56. The summed E-state index contributed by atoms with van der Waals surface area (Å²) in [5.74, 6) is 0. The Labute approximate surface area is 99.5 Å². The molecule has 0 fully saturated rings. The highest BCUT2D eigenvalue weighted by molar-refractivity contribution is 5.81. The molecule has 0 spiro atoms. The molecule has 1 nitrogen and oxygen atoms in total. The van der Waals surface area contributed by atoms with Crippen LogP contribution in [0.25, 0.3) is 10.9 Å². The SMILES string of the molecule is CC.CCC.Cc1ccnc2ccccc12. The largest absolute Gasteiger partial charge is 0.256 e. The minimum Gasteiger partial charge on any atom is -0.256 e. The van der Waals surface area contributed by atoms with Gasteiger partial charge in [-0.2, -0.15) is 0 Å². The Morgan fingerprint density at radius 1 is 1.00 bits per heavy atom. The zero-order valence-corrected chi connectivity index (χ0v) is 11.1. The van der Waals surface area contributed by atoms with Gasteiger partial charge in [0.1, 0.15) is 0 Å². The number of hydrogen-bond donors (Lipinski definition) is 0. The summed E-state index contributed by atoms with van der Waals surface area (Å²) in [6.07, 6.45) is 3.09. The summed E-state index contributed by atoms with van der Waals surface area (Å²) in [6.45, 7) is 10.4. The Bertz CT molecular complexity index is 388. The lowest BCUT2D eigenvalue weighted by Gasteiger charge is -1.97. The van der Waals surface area contributed by atoms with Gasteiger partial charge in [-0.3, -0.25) is 4.98 Å². The number of rotatable bonds is 0. The lowest BCUT2D eigenvalue weighted by molar-refractivity contribution is 1.09. The minimum absolute atomic E-state index is 1.08. The zero-order valence-electron chi connectivity index (χ0n) is 11.1. The average molecular weight is 217 g/mol. The molecule has 0 N–H and O–H groups in total. The minimum atomic E-state index is 1.08. The number of pyridine rings is 1. The Morgan fingerprint density at radius 3 is 2.12 bits per heavy atom. The van der Waals surface area contributed by atoms with Gasteiger partial charge in [0.2, 0.25) is 0 Å². The molecule has 1 aromatic carbocycles. The molecule has 1 heteroatoms. The van der Waals surface area contributed by atoms with Crippen LogP contribution in [0.2, 0.25) is 0 Å². The van der Waals surface area contributed by atoms with Gasteiger partial charge in [-0.15, -0.1) is 0 Å². The monoisotopic (exact) mass is 217 g/mol. The maximum atomic E-state index is 4.24. The van der Waals surface area contributed by atoms with Gasteiger partial charge >= 0.3 is 0 Å². The number of aromatic nitrogens is 1. The van der Waals surface area contributed by atoms with Crippen molar-refractivity contribution in [3.8, 4) is 0 Å². The summed E-state index contributed by atoms with van der Waals surface area (Å²) >= 11 is 0. The van der Waals surface area contributed by atoms with Crippen LogP contribution < -0.4 is 0 Å². The van der Waals surface area contributed by atoms with Gasteiger partial charge in [0, 0.05) is 11.6 Å². The van der Waals surface area contributed by atoms with Gasteiger partial charge in [-0.1, -0.05) is 52.3 Å². The number of para-hydroxylation sites is 1. The van der Waals surface area contributed by atoms with Crippen LogP contribution in [0.3, 0.4) is 0 Å². The second-order valence-corrected chi connectivity index (χ2v) is 3.35. The van der Waals surface area contributed by atoms with E-state index in [4.69, 9.17) is 0 Å². The summed E-state index contributed by atoms with van der Waals surface area (Å²) < 4.78 is 0. The fourth-order valence-electron chi connectivity index (χ4n) is 1.24. The Morgan fingerprint density at radius 2 is 1.56 bits per heavy atom. The fourth-order valence-corrected chi connectivity index (χ4v) is 1.24. The molecule has 0 aliphatic rings. The average Bonchev–Trinajstić information content (AvgIpc) is 2.33.